The average Bonchev–Trinajstić information content (AvgIpc) is 2.14. The summed E-state index contributed by atoms with van der Waals surface area (Å²) < 4.78 is 0. The van der Waals surface area contributed by atoms with Crippen LogP contribution < -0.4 is 11.5 Å². The SMILES string of the molecule is CCC(N)(CC)C(C)(CC)C(C)N. The van der Waals surface area contributed by atoms with Gasteiger partial charge in [0.05, 0.1) is 0 Å². The van der Waals surface area contributed by atoms with Crippen LogP contribution in [0.15, 0.2) is 0 Å². The van der Waals surface area contributed by atoms with E-state index in [0.717, 1.165) is 19.3 Å². The van der Waals surface area contributed by atoms with E-state index in [1.807, 2.05) is 0 Å². The first-order chi connectivity index (χ1) is 5.88. The first kappa shape index (κ1) is 12.9. The van der Waals surface area contributed by atoms with Gasteiger partial charge in [-0.3, -0.25) is 0 Å². The lowest BCUT2D eigenvalue weighted by Crippen LogP contribution is -2.59. The lowest BCUT2D eigenvalue weighted by atomic mass is 9.63. The van der Waals surface area contributed by atoms with Crippen LogP contribution in [0.5, 0.6) is 0 Å². The van der Waals surface area contributed by atoms with Crippen molar-refractivity contribution in [2.24, 2.45) is 16.9 Å². The largest absolute Gasteiger partial charge is 0.327 e. The van der Waals surface area contributed by atoms with Gasteiger partial charge in [-0.2, -0.15) is 0 Å². The molecule has 0 heterocycles. The summed E-state index contributed by atoms with van der Waals surface area (Å²) in [5, 5.41) is 0. The van der Waals surface area contributed by atoms with E-state index in [-0.39, 0.29) is 17.0 Å². The van der Waals surface area contributed by atoms with E-state index in [9.17, 15) is 0 Å². The molecular weight excluding hydrogens is 160 g/mol. The van der Waals surface area contributed by atoms with Crippen molar-refractivity contribution in [3.63, 3.8) is 0 Å². The van der Waals surface area contributed by atoms with Crippen LogP contribution in [0.25, 0.3) is 0 Å². The molecule has 0 aromatic heterocycles. The molecule has 0 rings (SSSR count). The Morgan fingerprint density at radius 3 is 1.54 bits per heavy atom. The fraction of sp³-hybridized carbons (Fsp3) is 1.00. The minimum Gasteiger partial charge on any atom is -0.327 e. The molecule has 0 aliphatic rings. The van der Waals surface area contributed by atoms with Gasteiger partial charge < -0.3 is 11.5 Å². The van der Waals surface area contributed by atoms with E-state index in [1.165, 1.54) is 0 Å². The van der Waals surface area contributed by atoms with Gasteiger partial charge in [-0.05, 0) is 26.2 Å². The standard InChI is InChI=1S/C11H26N2/c1-6-10(5,9(4)12)11(13,7-2)8-3/h9H,6-8,12-13H2,1-5H3. The van der Waals surface area contributed by atoms with Gasteiger partial charge in [-0.25, -0.2) is 0 Å². The van der Waals surface area contributed by atoms with Gasteiger partial charge in [-0.15, -0.1) is 0 Å². The van der Waals surface area contributed by atoms with Crippen molar-refractivity contribution in [1.82, 2.24) is 0 Å². The second kappa shape index (κ2) is 4.43. The van der Waals surface area contributed by atoms with Crippen LogP contribution in [0.3, 0.4) is 0 Å². The third kappa shape index (κ3) is 2.05. The fourth-order valence-electron chi connectivity index (χ4n) is 2.19. The summed E-state index contributed by atoms with van der Waals surface area (Å²) >= 11 is 0. The Balaban J connectivity index is 4.91. The summed E-state index contributed by atoms with van der Waals surface area (Å²) in [4.78, 5) is 0. The van der Waals surface area contributed by atoms with Gasteiger partial charge in [0.2, 0.25) is 0 Å². The molecule has 0 radical (unpaired) electrons. The van der Waals surface area contributed by atoms with Gasteiger partial charge in [0.25, 0.3) is 0 Å². The average molecular weight is 186 g/mol. The zero-order chi connectivity index (χ0) is 10.7. The van der Waals surface area contributed by atoms with Crippen molar-refractivity contribution in [1.29, 1.82) is 0 Å². The molecule has 80 valence electrons. The van der Waals surface area contributed by atoms with Crippen molar-refractivity contribution in [2.75, 3.05) is 0 Å². The maximum Gasteiger partial charge on any atom is 0.0218 e. The Morgan fingerprint density at radius 2 is 1.46 bits per heavy atom. The highest BCUT2D eigenvalue weighted by atomic mass is 14.8. The summed E-state index contributed by atoms with van der Waals surface area (Å²) in [6.45, 7) is 10.8. The summed E-state index contributed by atoms with van der Waals surface area (Å²) in [5.74, 6) is 0. The molecule has 0 spiro atoms. The molecule has 2 unspecified atom stereocenters. The van der Waals surface area contributed by atoms with E-state index in [0.29, 0.717) is 0 Å². The minimum atomic E-state index is -0.115. The van der Waals surface area contributed by atoms with Crippen LogP contribution >= 0.6 is 0 Å². The summed E-state index contributed by atoms with van der Waals surface area (Å²) in [7, 11) is 0. The predicted octanol–water partition coefficient (Wildman–Crippen LogP) is 2.27. The van der Waals surface area contributed by atoms with E-state index in [2.05, 4.69) is 34.6 Å². The van der Waals surface area contributed by atoms with E-state index >= 15 is 0 Å². The Labute approximate surface area is 83.1 Å². The minimum absolute atomic E-state index is 0.0521. The molecule has 0 bridgehead atoms. The fourth-order valence-corrected chi connectivity index (χ4v) is 2.19. The Morgan fingerprint density at radius 1 is 1.08 bits per heavy atom. The molecule has 2 heteroatoms. The van der Waals surface area contributed by atoms with Gasteiger partial charge in [-0.1, -0.05) is 27.7 Å². The summed E-state index contributed by atoms with van der Waals surface area (Å²) in [6.07, 6.45) is 3.04. The molecule has 0 saturated carbocycles. The quantitative estimate of drug-likeness (QED) is 0.692. The van der Waals surface area contributed by atoms with E-state index in [1.54, 1.807) is 0 Å². The predicted molar refractivity (Wildman–Crippen MR) is 59.5 cm³/mol. The number of hydrogen-bond donors (Lipinski definition) is 2. The third-order valence-corrected chi connectivity index (χ3v) is 4.14. The lowest BCUT2D eigenvalue weighted by molar-refractivity contribution is 0.0960. The molecule has 2 atom stereocenters. The van der Waals surface area contributed by atoms with Crippen LogP contribution in [-0.4, -0.2) is 11.6 Å². The number of rotatable bonds is 5. The Bertz CT molecular complexity index is 150. The molecule has 0 aliphatic carbocycles. The van der Waals surface area contributed by atoms with Crippen molar-refractivity contribution in [3.8, 4) is 0 Å². The van der Waals surface area contributed by atoms with Crippen LogP contribution in [-0.2, 0) is 0 Å². The Kier molecular flexibility index (Phi) is 4.40. The number of hydrogen-bond acceptors (Lipinski definition) is 2. The molecule has 13 heavy (non-hydrogen) atoms. The summed E-state index contributed by atoms with van der Waals surface area (Å²) in [6, 6.07) is 0.155. The topological polar surface area (TPSA) is 52.0 Å². The highest BCUT2D eigenvalue weighted by Crippen LogP contribution is 2.39. The second-order valence-electron chi connectivity index (χ2n) is 4.42. The maximum absolute atomic E-state index is 6.41. The van der Waals surface area contributed by atoms with Crippen molar-refractivity contribution >= 4 is 0 Å². The maximum atomic E-state index is 6.41. The van der Waals surface area contributed by atoms with Crippen molar-refractivity contribution < 1.29 is 0 Å². The first-order valence-corrected chi connectivity index (χ1v) is 5.42. The molecule has 0 amide bonds. The molecule has 0 saturated heterocycles. The zero-order valence-electron chi connectivity index (χ0n) is 9.85. The molecule has 0 aromatic carbocycles. The van der Waals surface area contributed by atoms with Gasteiger partial charge in [0.1, 0.15) is 0 Å². The highest BCUT2D eigenvalue weighted by molar-refractivity contribution is 5.01. The highest BCUT2D eigenvalue weighted by Gasteiger charge is 2.43. The van der Waals surface area contributed by atoms with Crippen LogP contribution in [0, 0.1) is 5.41 Å². The van der Waals surface area contributed by atoms with Crippen LogP contribution in [0.1, 0.15) is 53.9 Å². The zero-order valence-corrected chi connectivity index (χ0v) is 9.85. The van der Waals surface area contributed by atoms with Gasteiger partial charge in [0.15, 0.2) is 0 Å². The van der Waals surface area contributed by atoms with Crippen molar-refractivity contribution in [2.45, 2.75) is 65.5 Å². The van der Waals surface area contributed by atoms with Gasteiger partial charge >= 0.3 is 0 Å². The van der Waals surface area contributed by atoms with Crippen LogP contribution in [0.4, 0.5) is 0 Å². The molecular formula is C11H26N2. The summed E-state index contributed by atoms with van der Waals surface area (Å²) in [5.41, 5.74) is 12.4. The Hall–Kier alpha value is -0.0800. The van der Waals surface area contributed by atoms with E-state index < -0.39 is 0 Å². The van der Waals surface area contributed by atoms with Gasteiger partial charge in [0, 0.05) is 17.0 Å². The number of nitrogens with two attached hydrogens (primary N) is 2. The van der Waals surface area contributed by atoms with E-state index in [4.69, 9.17) is 11.5 Å². The lowest BCUT2D eigenvalue weighted by Gasteiger charge is -2.48. The van der Waals surface area contributed by atoms with Crippen LogP contribution in [0.2, 0.25) is 0 Å². The second-order valence-corrected chi connectivity index (χ2v) is 4.42. The first-order valence-electron chi connectivity index (χ1n) is 5.42. The molecule has 0 aliphatic heterocycles. The monoisotopic (exact) mass is 186 g/mol. The molecule has 0 aromatic rings. The molecule has 2 nitrogen and oxygen atoms in total. The van der Waals surface area contributed by atoms with Crippen molar-refractivity contribution in [3.05, 3.63) is 0 Å². The molecule has 0 fully saturated rings. The third-order valence-electron chi connectivity index (χ3n) is 4.14. The molecule has 4 N–H and O–H groups in total. The normalized spacial score (nSPS) is 19.6. The smallest absolute Gasteiger partial charge is 0.0218 e.